The van der Waals surface area contributed by atoms with Crippen LogP contribution in [-0.2, 0) is 17.9 Å². The monoisotopic (exact) mass is 501 g/mol. The Morgan fingerprint density at radius 3 is 2.44 bits per heavy atom. The summed E-state index contributed by atoms with van der Waals surface area (Å²) in [6, 6.07) is 17.4. The van der Waals surface area contributed by atoms with Crippen LogP contribution in [0.1, 0.15) is 35.3 Å². The third-order valence-electron chi connectivity index (χ3n) is 4.59. The smallest absolute Gasteiger partial charge is 0.338 e. The molecule has 0 saturated heterocycles. The van der Waals surface area contributed by atoms with Gasteiger partial charge in [0.05, 0.1) is 23.2 Å². The average molecular weight is 502 g/mol. The minimum Gasteiger partial charge on any atom is -0.490 e. The van der Waals surface area contributed by atoms with Crippen LogP contribution in [0.4, 0.5) is 10.1 Å². The van der Waals surface area contributed by atoms with Gasteiger partial charge in [-0.2, -0.15) is 0 Å². The molecule has 0 aliphatic rings. The van der Waals surface area contributed by atoms with E-state index in [1.807, 2.05) is 31.2 Å². The van der Waals surface area contributed by atoms with Crippen molar-refractivity contribution in [2.45, 2.75) is 27.0 Å². The lowest BCUT2D eigenvalue weighted by Crippen LogP contribution is -2.06. The van der Waals surface area contributed by atoms with E-state index in [1.54, 1.807) is 37.3 Å². The molecular weight excluding hydrogens is 477 g/mol. The maximum Gasteiger partial charge on any atom is 0.338 e. The number of esters is 1. The summed E-state index contributed by atoms with van der Waals surface area (Å²) >= 11 is 3.55. The van der Waals surface area contributed by atoms with Gasteiger partial charge in [-0.15, -0.1) is 0 Å². The van der Waals surface area contributed by atoms with Crippen LogP contribution in [0.25, 0.3) is 0 Å². The highest BCUT2D eigenvalue weighted by atomic mass is 79.9. The van der Waals surface area contributed by atoms with E-state index in [4.69, 9.17) is 14.2 Å². The molecule has 7 heteroatoms. The van der Waals surface area contributed by atoms with Crippen LogP contribution in [0.2, 0.25) is 0 Å². The highest BCUT2D eigenvalue weighted by molar-refractivity contribution is 9.10. The first-order valence-electron chi connectivity index (χ1n) is 10.3. The molecular formula is C25H25BrFNO4. The Morgan fingerprint density at radius 2 is 1.75 bits per heavy atom. The van der Waals surface area contributed by atoms with Gasteiger partial charge in [-0.1, -0.05) is 18.2 Å². The SMILES string of the molecule is CCOC(=O)c1ccc(NCc2cc(Br)c(OCc3ccccc3F)c(OCC)c2)cc1. The largest absolute Gasteiger partial charge is 0.490 e. The number of anilines is 1. The summed E-state index contributed by atoms with van der Waals surface area (Å²) in [5.74, 6) is 0.456. The number of halogens is 2. The molecule has 168 valence electrons. The molecule has 0 aromatic heterocycles. The number of nitrogens with one attached hydrogen (secondary N) is 1. The van der Waals surface area contributed by atoms with Crippen molar-refractivity contribution in [2.24, 2.45) is 0 Å². The predicted octanol–water partition coefficient (Wildman–Crippen LogP) is 6.35. The van der Waals surface area contributed by atoms with Gasteiger partial charge >= 0.3 is 5.97 Å². The molecule has 0 heterocycles. The van der Waals surface area contributed by atoms with E-state index < -0.39 is 0 Å². The first-order chi connectivity index (χ1) is 15.5. The summed E-state index contributed by atoms with van der Waals surface area (Å²) in [6.45, 7) is 5.11. The van der Waals surface area contributed by atoms with Crippen LogP contribution < -0.4 is 14.8 Å². The molecule has 3 aromatic carbocycles. The van der Waals surface area contributed by atoms with Crippen LogP contribution in [0, 0.1) is 5.82 Å². The zero-order chi connectivity index (χ0) is 22.9. The molecule has 0 atom stereocenters. The summed E-state index contributed by atoms with van der Waals surface area (Å²) in [5, 5.41) is 3.32. The van der Waals surface area contributed by atoms with E-state index >= 15 is 0 Å². The number of ether oxygens (including phenoxy) is 3. The number of carbonyl (C=O) groups excluding carboxylic acids is 1. The van der Waals surface area contributed by atoms with Gasteiger partial charge in [-0.3, -0.25) is 0 Å². The van der Waals surface area contributed by atoms with E-state index in [9.17, 15) is 9.18 Å². The molecule has 0 spiro atoms. The highest BCUT2D eigenvalue weighted by Crippen LogP contribution is 2.37. The minimum absolute atomic E-state index is 0.0930. The lowest BCUT2D eigenvalue weighted by Gasteiger charge is -2.16. The molecule has 1 N–H and O–H groups in total. The van der Waals surface area contributed by atoms with Crippen molar-refractivity contribution >= 4 is 27.6 Å². The van der Waals surface area contributed by atoms with Gasteiger partial charge in [0.1, 0.15) is 12.4 Å². The first-order valence-corrected chi connectivity index (χ1v) is 11.1. The fraction of sp³-hybridized carbons (Fsp3) is 0.240. The van der Waals surface area contributed by atoms with Gasteiger partial charge < -0.3 is 19.5 Å². The number of carbonyl (C=O) groups is 1. The Morgan fingerprint density at radius 1 is 1.00 bits per heavy atom. The minimum atomic E-state index is -0.338. The van der Waals surface area contributed by atoms with Crippen molar-refractivity contribution < 1.29 is 23.4 Å². The third kappa shape index (κ3) is 6.23. The summed E-state index contributed by atoms with van der Waals surface area (Å²) < 4.78 is 31.3. The first kappa shape index (κ1) is 23.6. The van der Waals surface area contributed by atoms with E-state index in [0.717, 1.165) is 11.3 Å². The molecule has 0 radical (unpaired) electrons. The quantitative estimate of drug-likeness (QED) is 0.327. The second-order valence-corrected chi connectivity index (χ2v) is 7.72. The van der Waals surface area contributed by atoms with Gasteiger partial charge in [0.2, 0.25) is 0 Å². The molecule has 0 aliphatic heterocycles. The van der Waals surface area contributed by atoms with Crippen molar-refractivity contribution in [1.29, 1.82) is 0 Å². The maximum atomic E-state index is 13.9. The van der Waals surface area contributed by atoms with Crippen molar-refractivity contribution in [3.63, 3.8) is 0 Å². The van der Waals surface area contributed by atoms with Crippen LogP contribution >= 0.6 is 15.9 Å². The van der Waals surface area contributed by atoms with Gasteiger partial charge in [0.15, 0.2) is 11.5 Å². The zero-order valence-corrected chi connectivity index (χ0v) is 19.6. The Kier molecular flexibility index (Phi) is 8.50. The Hall–Kier alpha value is -3.06. The molecule has 0 amide bonds. The average Bonchev–Trinajstić information content (AvgIpc) is 2.79. The molecule has 3 aromatic rings. The summed E-state index contributed by atoms with van der Waals surface area (Å²) in [5.41, 5.74) is 2.81. The highest BCUT2D eigenvalue weighted by Gasteiger charge is 2.14. The van der Waals surface area contributed by atoms with Crippen molar-refractivity contribution in [3.8, 4) is 11.5 Å². The van der Waals surface area contributed by atoms with Gasteiger partial charge in [0, 0.05) is 17.8 Å². The van der Waals surface area contributed by atoms with Crippen molar-refractivity contribution in [2.75, 3.05) is 18.5 Å². The fourth-order valence-electron chi connectivity index (χ4n) is 3.03. The lowest BCUT2D eigenvalue weighted by molar-refractivity contribution is 0.0526. The molecule has 3 rings (SSSR count). The number of hydrogen-bond donors (Lipinski definition) is 1. The predicted molar refractivity (Wildman–Crippen MR) is 126 cm³/mol. The lowest BCUT2D eigenvalue weighted by atomic mass is 10.1. The van der Waals surface area contributed by atoms with E-state index in [-0.39, 0.29) is 18.4 Å². The Labute approximate surface area is 195 Å². The fourth-order valence-corrected chi connectivity index (χ4v) is 3.64. The summed E-state index contributed by atoms with van der Waals surface area (Å²) in [7, 11) is 0. The molecule has 0 bridgehead atoms. The second kappa shape index (κ2) is 11.5. The van der Waals surface area contributed by atoms with Crippen LogP contribution in [-0.4, -0.2) is 19.2 Å². The van der Waals surface area contributed by atoms with Crippen molar-refractivity contribution in [3.05, 3.63) is 87.6 Å². The topological polar surface area (TPSA) is 56.8 Å². The van der Waals surface area contributed by atoms with Gasteiger partial charge in [0.25, 0.3) is 0 Å². The van der Waals surface area contributed by atoms with E-state index in [0.29, 0.717) is 46.9 Å². The van der Waals surface area contributed by atoms with Gasteiger partial charge in [-0.25, -0.2) is 9.18 Å². The van der Waals surface area contributed by atoms with Crippen LogP contribution in [0.5, 0.6) is 11.5 Å². The van der Waals surface area contributed by atoms with Crippen molar-refractivity contribution in [1.82, 2.24) is 0 Å². The Bertz CT molecular complexity index is 1060. The standard InChI is InChI=1S/C25H25BrFNO4/c1-3-30-23-14-17(15-28-20-11-9-18(10-12-20)25(29)31-4-2)13-21(26)24(23)32-16-19-7-5-6-8-22(19)27/h5-14,28H,3-4,15-16H2,1-2H3. The summed E-state index contributed by atoms with van der Waals surface area (Å²) in [4.78, 5) is 11.8. The molecule has 0 unspecified atom stereocenters. The van der Waals surface area contributed by atoms with Gasteiger partial charge in [-0.05, 0) is 77.8 Å². The molecule has 32 heavy (non-hydrogen) atoms. The van der Waals surface area contributed by atoms with E-state index in [2.05, 4.69) is 21.2 Å². The summed E-state index contributed by atoms with van der Waals surface area (Å²) in [6.07, 6.45) is 0. The third-order valence-corrected chi connectivity index (χ3v) is 5.18. The van der Waals surface area contributed by atoms with Crippen LogP contribution in [0.3, 0.4) is 0 Å². The maximum absolute atomic E-state index is 13.9. The number of rotatable bonds is 10. The molecule has 5 nitrogen and oxygen atoms in total. The number of benzene rings is 3. The molecule has 0 saturated carbocycles. The normalized spacial score (nSPS) is 10.5. The number of hydrogen-bond acceptors (Lipinski definition) is 5. The molecule has 0 fully saturated rings. The zero-order valence-electron chi connectivity index (χ0n) is 18.0. The Balaban J connectivity index is 1.69. The second-order valence-electron chi connectivity index (χ2n) is 6.87. The van der Waals surface area contributed by atoms with E-state index in [1.165, 1.54) is 6.07 Å². The van der Waals surface area contributed by atoms with Crippen LogP contribution in [0.15, 0.2) is 65.1 Å². The molecule has 0 aliphatic carbocycles.